The lowest BCUT2D eigenvalue weighted by atomic mass is 9.81. The minimum atomic E-state index is -0.548. The van der Waals surface area contributed by atoms with Crippen LogP contribution in [-0.4, -0.2) is 23.0 Å². The van der Waals surface area contributed by atoms with Crippen LogP contribution >= 0.6 is 23.8 Å². The molecule has 1 fully saturated rings. The van der Waals surface area contributed by atoms with Gasteiger partial charge in [0.05, 0.1) is 10.5 Å². The molecule has 1 aromatic carbocycles. The van der Waals surface area contributed by atoms with Crippen molar-refractivity contribution in [2.45, 2.75) is 37.6 Å². The van der Waals surface area contributed by atoms with E-state index in [1.54, 1.807) is 24.3 Å². The first-order valence-corrected chi connectivity index (χ1v) is 7.80. The average molecular weight is 327 g/mol. The molecule has 2 rings (SSSR count). The molecule has 114 valence electrons. The summed E-state index contributed by atoms with van der Waals surface area (Å²) in [5.74, 6) is 0.391. The number of thiocarbonyl (C=S) groups is 1. The molecule has 0 radical (unpaired) electrons. The monoisotopic (exact) mass is 326 g/mol. The summed E-state index contributed by atoms with van der Waals surface area (Å²) in [6, 6.07) is 6.87. The third-order valence-electron chi connectivity index (χ3n) is 3.74. The number of halogens is 1. The van der Waals surface area contributed by atoms with Gasteiger partial charge in [0.25, 0.3) is 5.91 Å². The van der Waals surface area contributed by atoms with Crippen LogP contribution in [0.1, 0.15) is 32.1 Å². The molecule has 0 atom stereocenters. The number of carbonyl (C=O) groups is 1. The van der Waals surface area contributed by atoms with E-state index in [2.05, 4.69) is 5.32 Å². The predicted octanol–water partition coefficient (Wildman–Crippen LogP) is 2.82. The van der Waals surface area contributed by atoms with E-state index < -0.39 is 5.54 Å². The van der Waals surface area contributed by atoms with E-state index in [0.29, 0.717) is 15.8 Å². The van der Waals surface area contributed by atoms with Crippen molar-refractivity contribution in [3.05, 3.63) is 29.3 Å². The van der Waals surface area contributed by atoms with Gasteiger partial charge >= 0.3 is 0 Å². The fourth-order valence-corrected chi connectivity index (χ4v) is 2.95. The van der Waals surface area contributed by atoms with Crippen molar-refractivity contribution in [1.29, 1.82) is 0 Å². The molecule has 21 heavy (non-hydrogen) atoms. The third-order valence-corrected chi connectivity index (χ3v) is 4.38. The molecule has 6 heteroatoms. The average Bonchev–Trinajstić information content (AvgIpc) is 2.47. The smallest absolute Gasteiger partial charge is 0.258 e. The zero-order valence-electron chi connectivity index (χ0n) is 11.7. The molecule has 3 N–H and O–H groups in total. The largest absolute Gasteiger partial charge is 0.484 e. The fourth-order valence-electron chi connectivity index (χ4n) is 2.57. The van der Waals surface area contributed by atoms with E-state index in [9.17, 15) is 4.79 Å². The highest BCUT2D eigenvalue weighted by atomic mass is 35.5. The molecular formula is C15H19ClN2O2S. The second-order valence-corrected chi connectivity index (χ2v) is 6.17. The van der Waals surface area contributed by atoms with Crippen LogP contribution in [0.4, 0.5) is 0 Å². The Morgan fingerprint density at radius 2 is 1.90 bits per heavy atom. The fraction of sp³-hybridized carbons (Fsp3) is 0.467. The Hall–Kier alpha value is -1.33. The van der Waals surface area contributed by atoms with Gasteiger partial charge in [0.1, 0.15) is 5.75 Å². The molecule has 0 saturated heterocycles. The number of benzene rings is 1. The second-order valence-electron chi connectivity index (χ2n) is 5.30. The Bertz CT molecular complexity index is 513. The highest BCUT2D eigenvalue weighted by Crippen LogP contribution is 2.28. The van der Waals surface area contributed by atoms with Crippen LogP contribution in [0.2, 0.25) is 5.02 Å². The molecule has 1 aromatic rings. The second kappa shape index (κ2) is 7.09. The number of nitrogens with two attached hydrogens (primary N) is 1. The van der Waals surface area contributed by atoms with E-state index in [1.807, 2.05) is 0 Å². The summed E-state index contributed by atoms with van der Waals surface area (Å²) in [6.07, 6.45) is 4.80. The summed E-state index contributed by atoms with van der Waals surface area (Å²) in [4.78, 5) is 12.4. The van der Waals surface area contributed by atoms with Gasteiger partial charge in [-0.15, -0.1) is 0 Å². The first kappa shape index (κ1) is 16.0. The van der Waals surface area contributed by atoms with Crippen molar-refractivity contribution in [2.75, 3.05) is 6.61 Å². The number of nitrogens with one attached hydrogen (secondary N) is 1. The highest BCUT2D eigenvalue weighted by Gasteiger charge is 2.36. The van der Waals surface area contributed by atoms with E-state index in [1.165, 1.54) is 0 Å². The van der Waals surface area contributed by atoms with E-state index in [-0.39, 0.29) is 12.5 Å². The van der Waals surface area contributed by atoms with Crippen molar-refractivity contribution >= 4 is 34.7 Å². The normalized spacial score (nSPS) is 17.0. The quantitative estimate of drug-likeness (QED) is 0.817. The van der Waals surface area contributed by atoms with Crippen LogP contribution in [0.3, 0.4) is 0 Å². The molecule has 0 unspecified atom stereocenters. The molecular weight excluding hydrogens is 308 g/mol. The number of rotatable bonds is 5. The lowest BCUT2D eigenvalue weighted by Crippen LogP contribution is -2.58. The molecule has 1 aliphatic carbocycles. The van der Waals surface area contributed by atoms with Gasteiger partial charge in [-0.1, -0.05) is 43.1 Å². The number of ether oxygens (including phenoxy) is 1. The summed E-state index contributed by atoms with van der Waals surface area (Å²) >= 11 is 10.9. The van der Waals surface area contributed by atoms with Crippen LogP contribution < -0.4 is 15.8 Å². The maximum atomic E-state index is 12.1. The van der Waals surface area contributed by atoms with Gasteiger partial charge in [0, 0.05) is 5.02 Å². The van der Waals surface area contributed by atoms with Gasteiger partial charge in [0.15, 0.2) is 6.61 Å². The zero-order valence-corrected chi connectivity index (χ0v) is 13.3. The summed E-state index contributed by atoms with van der Waals surface area (Å²) in [5.41, 5.74) is 5.29. The first-order valence-electron chi connectivity index (χ1n) is 7.01. The molecule has 0 aromatic heterocycles. The Labute approximate surface area is 135 Å². The van der Waals surface area contributed by atoms with Gasteiger partial charge in [-0.25, -0.2) is 0 Å². The lowest BCUT2D eigenvalue weighted by molar-refractivity contribution is -0.124. The van der Waals surface area contributed by atoms with Crippen LogP contribution in [0.5, 0.6) is 5.75 Å². The van der Waals surface area contributed by atoms with Crippen LogP contribution in [0, 0.1) is 0 Å². The minimum absolute atomic E-state index is 0.0635. The Balaban J connectivity index is 1.90. The predicted molar refractivity (Wildman–Crippen MR) is 87.7 cm³/mol. The van der Waals surface area contributed by atoms with Gasteiger partial charge in [0.2, 0.25) is 0 Å². The van der Waals surface area contributed by atoms with E-state index in [4.69, 9.17) is 34.3 Å². The molecule has 0 heterocycles. The van der Waals surface area contributed by atoms with Crippen LogP contribution in [0.25, 0.3) is 0 Å². The molecule has 1 amide bonds. The van der Waals surface area contributed by atoms with Crippen molar-refractivity contribution in [3.8, 4) is 5.75 Å². The Morgan fingerprint density at radius 1 is 1.29 bits per heavy atom. The van der Waals surface area contributed by atoms with E-state index >= 15 is 0 Å². The SMILES string of the molecule is NC(=S)C1(NC(=O)COc2ccc(Cl)cc2)CCCCC1. The van der Waals surface area contributed by atoms with Gasteiger partial charge in [-0.05, 0) is 37.1 Å². The van der Waals surface area contributed by atoms with Gasteiger partial charge in [-0.3, -0.25) is 4.79 Å². The third kappa shape index (κ3) is 4.32. The molecule has 1 aliphatic rings. The van der Waals surface area contributed by atoms with Crippen LogP contribution in [-0.2, 0) is 4.79 Å². The molecule has 0 aliphatic heterocycles. The summed E-state index contributed by atoms with van der Waals surface area (Å²) in [7, 11) is 0. The maximum Gasteiger partial charge on any atom is 0.258 e. The van der Waals surface area contributed by atoms with Crippen molar-refractivity contribution in [1.82, 2.24) is 5.32 Å². The maximum absolute atomic E-state index is 12.1. The molecule has 1 saturated carbocycles. The number of hydrogen-bond acceptors (Lipinski definition) is 3. The lowest BCUT2D eigenvalue weighted by Gasteiger charge is -2.37. The number of carbonyl (C=O) groups excluding carboxylic acids is 1. The van der Waals surface area contributed by atoms with Crippen molar-refractivity contribution in [2.24, 2.45) is 5.73 Å². The number of amides is 1. The summed E-state index contributed by atoms with van der Waals surface area (Å²) in [5, 5.41) is 3.58. The molecule has 0 bridgehead atoms. The van der Waals surface area contributed by atoms with Gasteiger partial charge < -0.3 is 15.8 Å². The van der Waals surface area contributed by atoms with Crippen LogP contribution in [0.15, 0.2) is 24.3 Å². The molecule has 0 spiro atoms. The minimum Gasteiger partial charge on any atom is -0.484 e. The van der Waals surface area contributed by atoms with Gasteiger partial charge in [-0.2, -0.15) is 0 Å². The van der Waals surface area contributed by atoms with E-state index in [0.717, 1.165) is 32.1 Å². The Kier molecular flexibility index (Phi) is 5.42. The number of hydrogen-bond donors (Lipinski definition) is 2. The zero-order chi connectivity index (χ0) is 15.3. The summed E-state index contributed by atoms with van der Waals surface area (Å²) < 4.78 is 5.43. The van der Waals surface area contributed by atoms with Crippen molar-refractivity contribution in [3.63, 3.8) is 0 Å². The standard InChI is InChI=1S/C15H19ClN2O2S/c16-11-4-6-12(7-5-11)20-10-13(19)18-15(14(17)21)8-2-1-3-9-15/h4-7H,1-3,8-10H2,(H2,17,21)(H,18,19). The molecule has 4 nitrogen and oxygen atoms in total. The highest BCUT2D eigenvalue weighted by molar-refractivity contribution is 7.80. The summed E-state index contributed by atoms with van der Waals surface area (Å²) in [6.45, 7) is -0.0635. The topological polar surface area (TPSA) is 64.3 Å². The Morgan fingerprint density at radius 3 is 2.48 bits per heavy atom. The van der Waals surface area contributed by atoms with Crippen molar-refractivity contribution < 1.29 is 9.53 Å². The first-order chi connectivity index (χ1) is 10.0.